The maximum Gasteiger partial charge on any atom is 0.147 e. The number of aliphatic imine (C=N–C) groups is 1. The summed E-state index contributed by atoms with van der Waals surface area (Å²) in [5, 5.41) is 3.12. The van der Waals surface area contributed by atoms with Crippen LogP contribution >= 0.6 is 0 Å². The molecule has 3 rings (SSSR count). The summed E-state index contributed by atoms with van der Waals surface area (Å²) in [6.45, 7) is 1.57. The minimum absolute atomic E-state index is 0.281. The number of amidine groups is 1. The van der Waals surface area contributed by atoms with Gasteiger partial charge in [-0.15, -0.1) is 0 Å². The molecule has 0 saturated heterocycles. The van der Waals surface area contributed by atoms with Crippen LogP contribution in [0.15, 0.2) is 41.9 Å². The van der Waals surface area contributed by atoms with Crippen LogP contribution in [0, 0.1) is 5.82 Å². The second-order valence-electron chi connectivity index (χ2n) is 3.79. The highest BCUT2D eigenvalue weighted by Gasteiger charge is 2.11. The molecule has 0 aliphatic carbocycles. The number of aromatic nitrogens is 2. The standard InChI is InChI=1S/C12H11FN4/c13-10-7-9(12-15-3-4-16-12)1-2-11(10)17-6-5-14-8-17/h1-2,5-8H,3-4H2,(H,15,16). The molecule has 1 aromatic heterocycles. The Morgan fingerprint density at radius 3 is 2.94 bits per heavy atom. The van der Waals surface area contributed by atoms with Crippen molar-refractivity contribution < 1.29 is 4.39 Å². The van der Waals surface area contributed by atoms with Gasteiger partial charge in [-0.1, -0.05) is 0 Å². The number of hydrogen-bond donors (Lipinski definition) is 1. The van der Waals surface area contributed by atoms with Gasteiger partial charge in [0.1, 0.15) is 11.7 Å². The van der Waals surface area contributed by atoms with Gasteiger partial charge < -0.3 is 9.88 Å². The molecule has 0 bridgehead atoms. The van der Waals surface area contributed by atoms with Gasteiger partial charge in [-0.05, 0) is 18.2 Å². The summed E-state index contributed by atoms with van der Waals surface area (Å²) in [5.74, 6) is 0.484. The molecule has 1 aliphatic heterocycles. The van der Waals surface area contributed by atoms with E-state index in [0.29, 0.717) is 5.69 Å². The van der Waals surface area contributed by atoms with E-state index in [1.807, 2.05) is 6.07 Å². The number of rotatable bonds is 2. The van der Waals surface area contributed by atoms with Crippen molar-refractivity contribution in [3.8, 4) is 5.69 Å². The van der Waals surface area contributed by atoms with E-state index in [4.69, 9.17) is 0 Å². The van der Waals surface area contributed by atoms with Gasteiger partial charge in [0.25, 0.3) is 0 Å². The van der Waals surface area contributed by atoms with Gasteiger partial charge in [-0.3, -0.25) is 4.99 Å². The number of hydrogen-bond acceptors (Lipinski definition) is 3. The minimum Gasteiger partial charge on any atom is -0.368 e. The Labute approximate surface area is 97.8 Å². The monoisotopic (exact) mass is 230 g/mol. The van der Waals surface area contributed by atoms with E-state index in [9.17, 15) is 4.39 Å². The lowest BCUT2D eigenvalue weighted by molar-refractivity contribution is 0.617. The summed E-state index contributed by atoms with van der Waals surface area (Å²) >= 11 is 0. The molecule has 0 spiro atoms. The van der Waals surface area contributed by atoms with Crippen molar-refractivity contribution in [2.45, 2.75) is 0 Å². The van der Waals surface area contributed by atoms with Crippen LogP contribution in [-0.2, 0) is 0 Å². The molecule has 1 aromatic carbocycles. The van der Waals surface area contributed by atoms with Gasteiger partial charge in [-0.2, -0.15) is 0 Å². The average molecular weight is 230 g/mol. The largest absolute Gasteiger partial charge is 0.368 e. The first kappa shape index (κ1) is 10.0. The van der Waals surface area contributed by atoms with Gasteiger partial charge in [0, 0.05) is 24.5 Å². The molecule has 0 atom stereocenters. The molecule has 0 saturated carbocycles. The highest BCUT2D eigenvalue weighted by atomic mass is 19.1. The Kier molecular flexibility index (Phi) is 2.36. The van der Waals surface area contributed by atoms with Crippen molar-refractivity contribution in [3.05, 3.63) is 48.3 Å². The molecule has 0 unspecified atom stereocenters. The zero-order chi connectivity index (χ0) is 11.7. The molecule has 0 amide bonds. The maximum atomic E-state index is 13.9. The van der Waals surface area contributed by atoms with E-state index in [1.165, 1.54) is 6.07 Å². The lowest BCUT2D eigenvalue weighted by atomic mass is 10.2. The zero-order valence-corrected chi connectivity index (χ0v) is 9.10. The first-order chi connectivity index (χ1) is 8.34. The lowest BCUT2D eigenvalue weighted by Crippen LogP contribution is -2.19. The predicted octanol–water partition coefficient (Wildman–Crippen LogP) is 1.36. The molecule has 1 N–H and O–H groups in total. The third kappa shape index (κ3) is 1.80. The maximum absolute atomic E-state index is 13.9. The van der Waals surface area contributed by atoms with E-state index in [1.54, 1.807) is 29.4 Å². The normalized spacial score (nSPS) is 14.5. The summed E-state index contributed by atoms with van der Waals surface area (Å²) in [6, 6.07) is 5.08. The van der Waals surface area contributed by atoms with Crippen LogP contribution in [-0.4, -0.2) is 28.5 Å². The average Bonchev–Trinajstić information content (AvgIpc) is 3.02. The van der Waals surface area contributed by atoms with Gasteiger partial charge in [0.05, 0.1) is 18.6 Å². The number of imidazole rings is 1. The Balaban J connectivity index is 1.99. The Morgan fingerprint density at radius 1 is 1.35 bits per heavy atom. The number of nitrogens with zero attached hydrogens (tertiary/aromatic N) is 3. The first-order valence-corrected chi connectivity index (χ1v) is 5.41. The molecular weight excluding hydrogens is 219 g/mol. The van der Waals surface area contributed by atoms with Gasteiger partial charge in [-0.25, -0.2) is 9.37 Å². The predicted molar refractivity (Wildman–Crippen MR) is 62.9 cm³/mol. The summed E-state index contributed by atoms with van der Waals surface area (Å²) in [7, 11) is 0. The highest BCUT2D eigenvalue weighted by Crippen LogP contribution is 2.15. The van der Waals surface area contributed by atoms with Crippen LogP contribution < -0.4 is 5.32 Å². The van der Waals surface area contributed by atoms with Crippen LogP contribution in [0.3, 0.4) is 0 Å². The van der Waals surface area contributed by atoms with E-state index >= 15 is 0 Å². The molecule has 5 heteroatoms. The molecule has 4 nitrogen and oxygen atoms in total. The fraction of sp³-hybridized carbons (Fsp3) is 0.167. The molecular formula is C12H11FN4. The second kappa shape index (κ2) is 4.01. The van der Waals surface area contributed by atoms with Crippen LogP contribution in [0.4, 0.5) is 4.39 Å². The molecule has 17 heavy (non-hydrogen) atoms. The van der Waals surface area contributed by atoms with Crippen molar-refractivity contribution in [3.63, 3.8) is 0 Å². The van der Waals surface area contributed by atoms with Crippen molar-refractivity contribution in [2.24, 2.45) is 4.99 Å². The Morgan fingerprint density at radius 2 is 2.29 bits per heavy atom. The fourth-order valence-electron chi connectivity index (χ4n) is 1.86. The summed E-state index contributed by atoms with van der Waals surface area (Å²) in [6.07, 6.45) is 4.91. The van der Waals surface area contributed by atoms with Crippen LogP contribution in [0.2, 0.25) is 0 Å². The third-order valence-corrected chi connectivity index (χ3v) is 2.68. The van der Waals surface area contributed by atoms with Crippen LogP contribution in [0.25, 0.3) is 5.69 Å². The summed E-state index contributed by atoms with van der Waals surface area (Å²) in [4.78, 5) is 8.16. The van der Waals surface area contributed by atoms with Crippen LogP contribution in [0.1, 0.15) is 5.56 Å². The molecule has 2 heterocycles. The number of halogens is 1. The molecule has 86 valence electrons. The highest BCUT2D eigenvalue weighted by molar-refractivity contribution is 5.99. The van der Waals surface area contributed by atoms with E-state index in [0.717, 1.165) is 24.5 Å². The topological polar surface area (TPSA) is 42.2 Å². The summed E-state index contributed by atoms with van der Waals surface area (Å²) < 4.78 is 15.6. The quantitative estimate of drug-likeness (QED) is 0.846. The SMILES string of the molecule is Fc1cc(C2=NCCN2)ccc1-n1ccnc1. The summed E-state index contributed by atoms with van der Waals surface area (Å²) in [5.41, 5.74) is 1.27. The second-order valence-corrected chi connectivity index (χ2v) is 3.79. The Bertz CT molecular complexity index is 560. The number of benzene rings is 1. The Hall–Kier alpha value is -2.17. The molecule has 0 radical (unpaired) electrons. The van der Waals surface area contributed by atoms with E-state index in [-0.39, 0.29) is 5.82 Å². The lowest BCUT2D eigenvalue weighted by Gasteiger charge is -2.07. The van der Waals surface area contributed by atoms with Gasteiger partial charge in [0.15, 0.2) is 0 Å². The van der Waals surface area contributed by atoms with E-state index in [2.05, 4.69) is 15.3 Å². The van der Waals surface area contributed by atoms with Crippen LogP contribution in [0.5, 0.6) is 0 Å². The molecule has 2 aromatic rings. The smallest absolute Gasteiger partial charge is 0.147 e. The van der Waals surface area contributed by atoms with Gasteiger partial charge in [0.2, 0.25) is 0 Å². The van der Waals surface area contributed by atoms with Gasteiger partial charge >= 0.3 is 0 Å². The van der Waals surface area contributed by atoms with Crippen molar-refractivity contribution in [1.29, 1.82) is 0 Å². The zero-order valence-electron chi connectivity index (χ0n) is 9.10. The van der Waals surface area contributed by atoms with E-state index < -0.39 is 0 Å². The number of nitrogens with one attached hydrogen (secondary N) is 1. The van der Waals surface area contributed by atoms with Crippen molar-refractivity contribution in [2.75, 3.05) is 13.1 Å². The molecule has 0 fully saturated rings. The fourth-order valence-corrected chi connectivity index (χ4v) is 1.86. The third-order valence-electron chi connectivity index (χ3n) is 2.68. The minimum atomic E-state index is -0.281. The van der Waals surface area contributed by atoms with Crippen molar-refractivity contribution >= 4 is 5.84 Å². The van der Waals surface area contributed by atoms with Crippen molar-refractivity contribution in [1.82, 2.24) is 14.9 Å². The molecule has 1 aliphatic rings. The first-order valence-electron chi connectivity index (χ1n) is 5.41.